The van der Waals surface area contributed by atoms with Crippen LogP contribution in [-0.4, -0.2) is 23.4 Å². The first-order valence-corrected chi connectivity index (χ1v) is 14.4. The number of carbonyl (C=O) groups is 2. The lowest BCUT2D eigenvalue weighted by Crippen LogP contribution is -2.29. The number of aliphatic hydroxyl groups is 1. The molecule has 1 aliphatic rings. The van der Waals surface area contributed by atoms with Gasteiger partial charge in [0.15, 0.2) is 0 Å². The molecule has 3 aromatic carbocycles. The molecule has 1 fully saturated rings. The van der Waals surface area contributed by atoms with Crippen LogP contribution in [0.4, 0.5) is 5.69 Å². The van der Waals surface area contributed by atoms with Crippen LogP contribution in [0, 0.1) is 12.8 Å². The summed E-state index contributed by atoms with van der Waals surface area (Å²) in [6.07, 6.45) is 0. The molecule has 5 nitrogen and oxygen atoms in total. The lowest BCUT2D eigenvalue weighted by molar-refractivity contribution is -0.132. The molecule has 0 radical (unpaired) electrons. The average molecular weight is 554 g/mol. The van der Waals surface area contributed by atoms with Crippen molar-refractivity contribution in [2.45, 2.75) is 79.2 Å². The Morgan fingerprint density at radius 2 is 1.39 bits per heavy atom. The lowest BCUT2D eigenvalue weighted by atomic mass is 9.85. The van der Waals surface area contributed by atoms with Crippen LogP contribution in [0.15, 0.2) is 72.3 Å². The second-order valence-corrected chi connectivity index (χ2v) is 13.5. The SMILES string of the molecule is Cc1cc(/C(O)=C2/C(=O)C(=O)N(c3ccc(C(C)(C)C)cc3)C2c2ccc(C(C)(C)C)cc2)ccc1OCC(C)C. The number of amides is 1. The molecule has 3 aromatic rings. The maximum Gasteiger partial charge on any atom is 0.300 e. The van der Waals surface area contributed by atoms with Crippen molar-refractivity contribution >= 4 is 23.1 Å². The van der Waals surface area contributed by atoms with Crippen LogP contribution in [-0.2, 0) is 20.4 Å². The van der Waals surface area contributed by atoms with Crippen molar-refractivity contribution in [3.63, 3.8) is 0 Å². The first-order valence-electron chi connectivity index (χ1n) is 14.4. The number of Topliss-reactive ketones (excluding diaryl/α,β-unsaturated/α-hetero) is 1. The van der Waals surface area contributed by atoms with E-state index >= 15 is 0 Å². The number of carbonyl (C=O) groups excluding carboxylic acids is 2. The summed E-state index contributed by atoms with van der Waals surface area (Å²) in [4.78, 5) is 28.8. The van der Waals surface area contributed by atoms with E-state index in [9.17, 15) is 14.7 Å². The fraction of sp³-hybridized carbons (Fsp3) is 0.389. The van der Waals surface area contributed by atoms with Crippen LogP contribution in [0.5, 0.6) is 5.75 Å². The van der Waals surface area contributed by atoms with E-state index in [4.69, 9.17) is 4.74 Å². The Hall–Kier alpha value is -3.86. The van der Waals surface area contributed by atoms with Crippen LogP contribution >= 0.6 is 0 Å². The highest BCUT2D eigenvalue weighted by atomic mass is 16.5. The van der Waals surface area contributed by atoms with Crippen molar-refractivity contribution in [1.82, 2.24) is 0 Å². The Kier molecular flexibility index (Phi) is 8.22. The Morgan fingerprint density at radius 3 is 1.88 bits per heavy atom. The summed E-state index contributed by atoms with van der Waals surface area (Å²) < 4.78 is 5.91. The average Bonchev–Trinajstić information content (AvgIpc) is 3.16. The number of hydrogen-bond acceptors (Lipinski definition) is 4. The summed E-state index contributed by atoms with van der Waals surface area (Å²) in [6, 6.07) is 20.3. The minimum absolute atomic E-state index is 0.0555. The number of ketones is 1. The maximum absolute atomic E-state index is 13.6. The molecule has 0 aromatic heterocycles. The second-order valence-electron chi connectivity index (χ2n) is 13.5. The van der Waals surface area contributed by atoms with Gasteiger partial charge in [0.25, 0.3) is 11.7 Å². The Labute approximate surface area is 244 Å². The molecule has 0 spiro atoms. The van der Waals surface area contributed by atoms with E-state index in [-0.39, 0.29) is 22.2 Å². The van der Waals surface area contributed by atoms with Gasteiger partial charge in [0.05, 0.1) is 18.2 Å². The maximum atomic E-state index is 13.6. The second kappa shape index (κ2) is 11.2. The third-order valence-corrected chi connectivity index (χ3v) is 7.57. The number of hydrogen-bond donors (Lipinski definition) is 1. The molecule has 1 N–H and O–H groups in total. The molecule has 1 heterocycles. The Bertz CT molecular complexity index is 1470. The minimum atomic E-state index is -0.776. The Balaban J connectivity index is 1.86. The zero-order valence-corrected chi connectivity index (χ0v) is 25.8. The van der Waals surface area contributed by atoms with Gasteiger partial charge in [-0.2, -0.15) is 0 Å². The number of benzene rings is 3. The number of rotatable bonds is 6. The summed E-state index contributed by atoms with van der Waals surface area (Å²) in [5.41, 5.74) is 4.90. The molecule has 1 amide bonds. The topological polar surface area (TPSA) is 66.8 Å². The van der Waals surface area contributed by atoms with Gasteiger partial charge in [-0.3, -0.25) is 14.5 Å². The van der Waals surface area contributed by atoms with Crippen LogP contribution < -0.4 is 9.64 Å². The highest BCUT2D eigenvalue weighted by Gasteiger charge is 2.47. The third-order valence-electron chi connectivity index (χ3n) is 7.57. The van der Waals surface area contributed by atoms with Crippen LogP contribution in [0.1, 0.15) is 89.2 Å². The van der Waals surface area contributed by atoms with Crippen LogP contribution in [0.25, 0.3) is 5.76 Å². The van der Waals surface area contributed by atoms with Crippen molar-refractivity contribution in [3.05, 3.63) is 100 Å². The number of aliphatic hydroxyl groups excluding tert-OH is 1. The van der Waals surface area contributed by atoms with Crippen LogP contribution in [0.3, 0.4) is 0 Å². The summed E-state index contributed by atoms with van der Waals surface area (Å²) in [5.74, 6) is -0.455. The molecule has 1 atom stereocenters. The molecular formula is C36H43NO4. The molecule has 5 heteroatoms. The molecule has 1 saturated heterocycles. The highest BCUT2D eigenvalue weighted by Crippen LogP contribution is 2.43. The third kappa shape index (κ3) is 6.24. The van der Waals surface area contributed by atoms with Crippen molar-refractivity contribution in [2.24, 2.45) is 5.92 Å². The number of anilines is 1. The van der Waals surface area contributed by atoms with Gasteiger partial charge in [-0.1, -0.05) is 91.8 Å². The van der Waals surface area contributed by atoms with E-state index in [0.29, 0.717) is 23.8 Å². The van der Waals surface area contributed by atoms with Gasteiger partial charge in [0, 0.05) is 11.3 Å². The molecule has 0 bridgehead atoms. The number of aryl methyl sites for hydroxylation is 1. The zero-order valence-electron chi connectivity index (χ0n) is 25.8. The van der Waals surface area contributed by atoms with E-state index < -0.39 is 17.7 Å². The molecule has 4 rings (SSSR count). The summed E-state index contributed by atoms with van der Waals surface area (Å²) in [6.45, 7) is 19.5. The molecule has 0 saturated carbocycles. The summed E-state index contributed by atoms with van der Waals surface area (Å²) in [5, 5.41) is 11.6. The van der Waals surface area contributed by atoms with Crippen molar-refractivity contribution in [3.8, 4) is 5.75 Å². The van der Waals surface area contributed by atoms with Gasteiger partial charge in [0.1, 0.15) is 11.5 Å². The van der Waals surface area contributed by atoms with Crippen LogP contribution in [0.2, 0.25) is 0 Å². The zero-order chi connectivity index (χ0) is 30.3. The standard InChI is InChI=1S/C36H43NO4/c1-22(2)21-41-29-19-12-25(20-23(29)3)32(38)30-31(24-10-13-26(14-11-24)35(4,5)6)37(34(40)33(30)39)28-17-15-27(16-18-28)36(7,8)9/h10-20,22,31,38H,21H2,1-9H3/b32-30-. The van der Waals surface area contributed by atoms with Gasteiger partial charge in [-0.25, -0.2) is 0 Å². The highest BCUT2D eigenvalue weighted by molar-refractivity contribution is 6.51. The van der Waals surface area contributed by atoms with E-state index in [0.717, 1.165) is 28.0 Å². The van der Waals surface area contributed by atoms with Gasteiger partial charge in [0.2, 0.25) is 0 Å². The molecule has 41 heavy (non-hydrogen) atoms. The van der Waals surface area contributed by atoms with Crippen molar-refractivity contribution in [2.75, 3.05) is 11.5 Å². The molecular weight excluding hydrogens is 510 g/mol. The fourth-order valence-corrected chi connectivity index (χ4v) is 5.07. The first-order chi connectivity index (χ1) is 19.1. The van der Waals surface area contributed by atoms with Gasteiger partial charge in [-0.15, -0.1) is 0 Å². The van der Waals surface area contributed by atoms with Crippen molar-refractivity contribution < 1.29 is 19.4 Å². The summed E-state index contributed by atoms with van der Waals surface area (Å²) >= 11 is 0. The van der Waals surface area contributed by atoms with E-state index in [1.54, 1.807) is 18.2 Å². The quantitative estimate of drug-likeness (QED) is 0.190. The Morgan fingerprint density at radius 1 is 0.854 bits per heavy atom. The number of ether oxygens (including phenoxy) is 1. The van der Waals surface area contributed by atoms with E-state index in [1.165, 1.54) is 4.90 Å². The van der Waals surface area contributed by atoms with Gasteiger partial charge in [-0.05, 0) is 76.3 Å². The fourth-order valence-electron chi connectivity index (χ4n) is 5.07. The molecule has 1 unspecified atom stereocenters. The summed E-state index contributed by atoms with van der Waals surface area (Å²) in [7, 11) is 0. The predicted molar refractivity (Wildman–Crippen MR) is 167 cm³/mol. The predicted octanol–water partition coefficient (Wildman–Crippen LogP) is 8.25. The minimum Gasteiger partial charge on any atom is -0.507 e. The largest absolute Gasteiger partial charge is 0.507 e. The normalized spacial score (nSPS) is 17.4. The van der Waals surface area contributed by atoms with Gasteiger partial charge < -0.3 is 9.84 Å². The molecule has 1 aliphatic heterocycles. The monoisotopic (exact) mass is 553 g/mol. The number of nitrogens with zero attached hydrogens (tertiary/aromatic N) is 1. The van der Waals surface area contributed by atoms with E-state index in [2.05, 4.69) is 55.4 Å². The smallest absolute Gasteiger partial charge is 0.300 e. The van der Waals surface area contributed by atoms with E-state index in [1.807, 2.05) is 55.5 Å². The van der Waals surface area contributed by atoms with Gasteiger partial charge >= 0.3 is 0 Å². The first kappa shape index (κ1) is 30.1. The molecule has 216 valence electrons. The lowest BCUT2D eigenvalue weighted by Gasteiger charge is -2.27. The van der Waals surface area contributed by atoms with Crippen molar-refractivity contribution in [1.29, 1.82) is 0 Å². The molecule has 0 aliphatic carbocycles.